The van der Waals surface area contributed by atoms with Gasteiger partial charge in [-0.1, -0.05) is 13.0 Å². The van der Waals surface area contributed by atoms with E-state index in [4.69, 9.17) is 5.84 Å². The average molecular weight is 285 g/mol. The maximum atomic E-state index is 12.2. The van der Waals surface area contributed by atoms with Gasteiger partial charge in [0.2, 0.25) is 0 Å². The molecule has 6 nitrogen and oxygen atoms in total. The van der Waals surface area contributed by atoms with Crippen LogP contribution in [-0.4, -0.2) is 15.9 Å². The SMILES string of the molecule is CCc1cc(C(=O)NCc2ccc(C)nc2)cc(NN)n1. The van der Waals surface area contributed by atoms with Gasteiger partial charge in [-0.3, -0.25) is 9.78 Å². The first-order valence-corrected chi connectivity index (χ1v) is 6.79. The molecule has 0 saturated carbocycles. The van der Waals surface area contributed by atoms with Gasteiger partial charge >= 0.3 is 0 Å². The van der Waals surface area contributed by atoms with Crippen molar-refractivity contribution in [3.05, 3.63) is 53.0 Å². The number of nitrogens with zero attached hydrogens (tertiary/aromatic N) is 2. The second kappa shape index (κ2) is 6.81. The number of amides is 1. The van der Waals surface area contributed by atoms with Gasteiger partial charge in [0.05, 0.1) is 0 Å². The van der Waals surface area contributed by atoms with Gasteiger partial charge in [-0.2, -0.15) is 0 Å². The first-order chi connectivity index (χ1) is 10.1. The van der Waals surface area contributed by atoms with Crippen molar-refractivity contribution in [1.29, 1.82) is 0 Å². The molecule has 6 heteroatoms. The van der Waals surface area contributed by atoms with Crippen molar-refractivity contribution in [2.24, 2.45) is 5.84 Å². The number of nitrogen functional groups attached to an aromatic ring is 1. The molecule has 2 rings (SSSR count). The highest BCUT2D eigenvalue weighted by Crippen LogP contribution is 2.10. The number of nitrogens with one attached hydrogen (secondary N) is 2. The molecule has 0 fully saturated rings. The van der Waals surface area contributed by atoms with E-state index in [1.54, 1.807) is 18.3 Å². The smallest absolute Gasteiger partial charge is 0.251 e. The first kappa shape index (κ1) is 14.9. The minimum atomic E-state index is -0.163. The van der Waals surface area contributed by atoms with Gasteiger partial charge in [-0.05, 0) is 37.1 Å². The molecule has 110 valence electrons. The fourth-order valence-electron chi connectivity index (χ4n) is 1.86. The molecule has 2 heterocycles. The fraction of sp³-hybridized carbons (Fsp3) is 0.267. The van der Waals surface area contributed by atoms with E-state index in [9.17, 15) is 4.79 Å². The molecule has 0 aliphatic carbocycles. The zero-order valence-electron chi connectivity index (χ0n) is 12.2. The van der Waals surface area contributed by atoms with E-state index in [0.717, 1.165) is 23.4 Å². The largest absolute Gasteiger partial charge is 0.348 e. The zero-order valence-corrected chi connectivity index (χ0v) is 12.2. The standard InChI is InChI=1S/C15H19N5O/c1-3-13-6-12(7-14(19-13)20-16)15(21)18-9-11-5-4-10(2)17-8-11/h4-8H,3,9,16H2,1-2H3,(H,18,21)(H,19,20). The Balaban J connectivity index is 2.07. The van der Waals surface area contributed by atoms with Crippen LogP contribution in [0.5, 0.6) is 0 Å². The predicted molar refractivity (Wildman–Crippen MR) is 81.6 cm³/mol. The van der Waals surface area contributed by atoms with E-state index in [-0.39, 0.29) is 5.91 Å². The highest BCUT2D eigenvalue weighted by molar-refractivity contribution is 5.94. The van der Waals surface area contributed by atoms with Crippen molar-refractivity contribution in [2.45, 2.75) is 26.8 Å². The van der Waals surface area contributed by atoms with Crippen LogP contribution in [-0.2, 0) is 13.0 Å². The molecular weight excluding hydrogens is 266 g/mol. The van der Waals surface area contributed by atoms with Gasteiger partial charge in [0, 0.05) is 29.7 Å². The number of carbonyl (C=O) groups is 1. The molecular formula is C15H19N5O. The quantitative estimate of drug-likeness (QED) is 0.572. The second-order valence-electron chi connectivity index (χ2n) is 4.72. The number of aromatic nitrogens is 2. The molecule has 0 radical (unpaired) electrons. The Bertz CT molecular complexity index is 602. The summed E-state index contributed by atoms with van der Waals surface area (Å²) in [5.41, 5.74) is 5.73. The molecule has 0 aliphatic heterocycles. The maximum absolute atomic E-state index is 12.2. The lowest BCUT2D eigenvalue weighted by atomic mass is 10.1. The van der Waals surface area contributed by atoms with Crippen molar-refractivity contribution in [3.8, 4) is 0 Å². The Morgan fingerprint density at radius 3 is 2.76 bits per heavy atom. The molecule has 21 heavy (non-hydrogen) atoms. The Kier molecular flexibility index (Phi) is 4.84. The summed E-state index contributed by atoms with van der Waals surface area (Å²) in [7, 11) is 0. The summed E-state index contributed by atoms with van der Waals surface area (Å²) in [6, 6.07) is 7.25. The van der Waals surface area contributed by atoms with Crippen LogP contribution in [0, 0.1) is 6.92 Å². The van der Waals surface area contributed by atoms with Gasteiger partial charge in [-0.15, -0.1) is 0 Å². The van der Waals surface area contributed by atoms with Crippen LogP contribution in [0.1, 0.15) is 34.2 Å². The molecule has 0 saturated heterocycles. The summed E-state index contributed by atoms with van der Waals surface area (Å²) >= 11 is 0. The van der Waals surface area contributed by atoms with Crippen LogP contribution < -0.4 is 16.6 Å². The summed E-state index contributed by atoms with van der Waals surface area (Å²) < 4.78 is 0. The van der Waals surface area contributed by atoms with E-state index < -0.39 is 0 Å². The predicted octanol–water partition coefficient (Wildman–Crippen LogP) is 1.56. The van der Waals surface area contributed by atoms with Crippen LogP contribution in [0.2, 0.25) is 0 Å². The van der Waals surface area contributed by atoms with Crippen molar-refractivity contribution in [2.75, 3.05) is 5.43 Å². The Morgan fingerprint density at radius 2 is 2.14 bits per heavy atom. The summed E-state index contributed by atoms with van der Waals surface area (Å²) in [4.78, 5) is 20.6. The Hall–Kier alpha value is -2.47. The van der Waals surface area contributed by atoms with E-state index in [1.165, 1.54) is 0 Å². The van der Waals surface area contributed by atoms with Crippen molar-refractivity contribution < 1.29 is 4.79 Å². The number of nitrogens with two attached hydrogens (primary N) is 1. The van der Waals surface area contributed by atoms with Gasteiger partial charge in [-0.25, -0.2) is 10.8 Å². The lowest BCUT2D eigenvalue weighted by molar-refractivity contribution is 0.0950. The molecule has 0 bridgehead atoms. The van der Waals surface area contributed by atoms with Crippen LogP contribution in [0.25, 0.3) is 0 Å². The lowest BCUT2D eigenvalue weighted by Crippen LogP contribution is -2.23. The number of anilines is 1. The normalized spacial score (nSPS) is 10.2. The number of hydrogen-bond acceptors (Lipinski definition) is 5. The van der Waals surface area contributed by atoms with Gasteiger partial charge < -0.3 is 10.7 Å². The Morgan fingerprint density at radius 1 is 1.33 bits per heavy atom. The van der Waals surface area contributed by atoms with Crippen LogP contribution in [0.3, 0.4) is 0 Å². The van der Waals surface area contributed by atoms with E-state index in [0.29, 0.717) is 17.9 Å². The molecule has 0 spiro atoms. The maximum Gasteiger partial charge on any atom is 0.251 e. The van der Waals surface area contributed by atoms with Crippen molar-refractivity contribution in [1.82, 2.24) is 15.3 Å². The zero-order chi connectivity index (χ0) is 15.2. The highest BCUT2D eigenvalue weighted by Gasteiger charge is 2.09. The van der Waals surface area contributed by atoms with Crippen LogP contribution in [0.4, 0.5) is 5.82 Å². The highest BCUT2D eigenvalue weighted by atomic mass is 16.1. The van der Waals surface area contributed by atoms with Gasteiger partial charge in [0.1, 0.15) is 5.82 Å². The molecule has 0 aromatic carbocycles. The number of hydrazine groups is 1. The molecule has 0 aliphatic rings. The first-order valence-electron chi connectivity index (χ1n) is 6.79. The third-order valence-corrected chi connectivity index (χ3v) is 3.08. The monoisotopic (exact) mass is 285 g/mol. The molecule has 1 amide bonds. The number of aryl methyl sites for hydroxylation is 2. The molecule has 4 N–H and O–H groups in total. The molecule has 0 atom stereocenters. The number of pyridine rings is 2. The number of carbonyl (C=O) groups excluding carboxylic acids is 1. The summed E-state index contributed by atoms with van der Waals surface area (Å²) in [6.07, 6.45) is 2.49. The van der Waals surface area contributed by atoms with Gasteiger partial charge in [0.25, 0.3) is 5.91 Å². The average Bonchev–Trinajstić information content (AvgIpc) is 2.53. The third kappa shape index (κ3) is 4.00. The van der Waals surface area contributed by atoms with Crippen LogP contribution in [0.15, 0.2) is 30.5 Å². The molecule has 2 aromatic rings. The van der Waals surface area contributed by atoms with Crippen molar-refractivity contribution in [3.63, 3.8) is 0 Å². The van der Waals surface area contributed by atoms with Gasteiger partial charge in [0.15, 0.2) is 0 Å². The summed E-state index contributed by atoms with van der Waals surface area (Å²) in [6.45, 7) is 4.33. The minimum Gasteiger partial charge on any atom is -0.348 e. The topological polar surface area (TPSA) is 92.9 Å². The molecule has 2 aromatic heterocycles. The van der Waals surface area contributed by atoms with E-state index in [1.807, 2.05) is 26.0 Å². The van der Waals surface area contributed by atoms with Crippen molar-refractivity contribution >= 4 is 11.7 Å². The number of rotatable bonds is 5. The third-order valence-electron chi connectivity index (χ3n) is 3.08. The van der Waals surface area contributed by atoms with E-state index >= 15 is 0 Å². The van der Waals surface area contributed by atoms with E-state index in [2.05, 4.69) is 20.7 Å². The Labute approximate surface area is 123 Å². The second-order valence-corrected chi connectivity index (χ2v) is 4.72. The molecule has 0 unspecified atom stereocenters. The lowest BCUT2D eigenvalue weighted by Gasteiger charge is -2.08. The summed E-state index contributed by atoms with van der Waals surface area (Å²) in [5.74, 6) is 5.69. The minimum absolute atomic E-state index is 0.163. The van der Waals surface area contributed by atoms with Crippen LogP contribution >= 0.6 is 0 Å². The number of hydrogen-bond donors (Lipinski definition) is 3. The fourth-order valence-corrected chi connectivity index (χ4v) is 1.86. The summed E-state index contributed by atoms with van der Waals surface area (Å²) in [5, 5.41) is 2.86.